The Labute approximate surface area is 153 Å². The second-order valence-electron chi connectivity index (χ2n) is 6.24. The minimum Gasteiger partial charge on any atom is -0.484 e. The Morgan fingerprint density at radius 2 is 1.81 bits per heavy atom. The summed E-state index contributed by atoms with van der Waals surface area (Å²) in [6, 6.07) is 16.0. The highest BCUT2D eigenvalue weighted by molar-refractivity contribution is 5.77. The molecule has 0 aromatic heterocycles. The standard InChI is InChI=1S/C21H23FN2O2/c22-19-9-4-10-20(16-19)26-17-21(25)24-14-12-23(13-15-24)11-5-8-18-6-2-1-3-7-18/h1-10,16H,11-15,17H2/b8-5+. The molecule has 0 spiro atoms. The fourth-order valence-corrected chi connectivity index (χ4v) is 2.87. The van der Waals surface area contributed by atoms with Crippen LogP contribution in [0.1, 0.15) is 5.56 Å². The molecule has 0 unspecified atom stereocenters. The van der Waals surface area contributed by atoms with E-state index < -0.39 is 0 Å². The zero-order valence-electron chi connectivity index (χ0n) is 14.7. The van der Waals surface area contributed by atoms with E-state index >= 15 is 0 Å². The van der Waals surface area contributed by atoms with Crippen LogP contribution in [0.3, 0.4) is 0 Å². The molecule has 1 heterocycles. The van der Waals surface area contributed by atoms with Gasteiger partial charge in [0.1, 0.15) is 11.6 Å². The van der Waals surface area contributed by atoms with E-state index in [4.69, 9.17) is 4.74 Å². The van der Waals surface area contributed by atoms with E-state index in [0.717, 1.165) is 19.6 Å². The molecular weight excluding hydrogens is 331 g/mol. The van der Waals surface area contributed by atoms with Gasteiger partial charge in [-0.2, -0.15) is 0 Å². The molecule has 1 amide bonds. The summed E-state index contributed by atoms with van der Waals surface area (Å²) in [6.07, 6.45) is 4.27. The zero-order chi connectivity index (χ0) is 18.2. The molecule has 1 aliphatic rings. The van der Waals surface area contributed by atoms with Gasteiger partial charge in [0.15, 0.2) is 6.61 Å². The minimum absolute atomic E-state index is 0.0582. The van der Waals surface area contributed by atoms with Crippen molar-refractivity contribution in [2.45, 2.75) is 0 Å². The summed E-state index contributed by atoms with van der Waals surface area (Å²) in [5.41, 5.74) is 1.19. The van der Waals surface area contributed by atoms with Gasteiger partial charge >= 0.3 is 0 Å². The predicted molar refractivity (Wildman–Crippen MR) is 100 cm³/mol. The molecule has 0 aliphatic carbocycles. The number of hydrogen-bond acceptors (Lipinski definition) is 3. The Hall–Kier alpha value is -2.66. The summed E-state index contributed by atoms with van der Waals surface area (Å²) in [5, 5.41) is 0. The molecule has 1 fully saturated rings. The van der Waals surface area contributed by atoms with Gasteiger partial charge in [-0.05, 0) is 17.7 Å². The van der Waals surface area contributed by atoms with Crippen molar-refractivity contribution in [2.75, 3.05) is 39.3 Å². The van der Waals surface area contributed by atoms with Crippen LogP contribution in [0.15, 0.2) is 60.7 Å². The number of benzene rings is 2. The van der Waals surface area contributed by atoms with Crippen LogP contribution >= 0.6 is 0 Å². The Kier molecular flexibility index (Phi) is 6.39. The largest absolute Gasteiger partial charge is 0.484 e. The molecule has 0 atom stereocenters. The maximum atomic E-state index is 13.1. The first kappa shape index (κ1) is 18.1. The highest BCUT2D eigenvalue weighted by Crippen LogP contribution is 2.12. The van der Waals surface area contributed by atoms with Crippen molar-refractivity contribution in [3.63, 3.8) is 0 Å². The highest BCUT2D eigenvalue weighted by atomic mass is 19.1. The third-order valence-electron chi connectivity index (χ3n) is 4.36. The fraction of sp³-hybridized carbons (Fsp3) is 0.286. The van der Waals surface area contributed by atoms with Crippen LogP contribution < -0.4 is 4.74 Å². The number of ether oxygens (including phenoxy) is 1. The highest BCUT2D eigenvalue weighted by Gasteiger charge is 2.20. The van der Waals surface area contributed by atoms with Crippen LogP contribution in [0.4, 0.5) is 4.39 Å². The van der Waals surface area contributed by atoms with Gasteiger partial charge in [0.2, 0.25) is 0 Å². The molecule has 26 heavy (non-hydrogen) atoms. The summed E-state index contributed by atoms with van der Waals surface area (Å²) in [6.45, 7) is 3.86. The van der Waals surface area contributed by atoms with Crippen LogP contribution in [0.5, 0.6) is 5.75 Å². The van der Waals surface area contributed by atoms with Crippen molar-refractivity contribution < 1.29 is 13.9 Å². The number of carbonyl (C=O) groups is 1. The average molecular weight is 354 g/mol. The molecule has 0 N–H and O–H groups in total. The molecule has 136 valence electrons. The first-order valence-corrected chi connectivity index (χ1v) is 8.81. The Bertz CT molecular complexity index is 741. The van der Waals surface area contributed by atoms with Crippen molar-refractivity contribution in [3.8, 4) is 5.75 Å². The van der Waals surface area contributed by atoms with E-state index in [1.807, 2.05) is 18.2 Å². The van der Waals surface area contributed by atoms with Crippen molar-refractivity contribution in [3.05, 3.63) is 72.1 Å². The lowest BCUT2D eigenvalue weighted by molar-refractivity contribution is -0.135. The number of piperazine rings is 1. The van der Waals surface area contributed by atoms with Crippen molar-refractivity contribution in [2.24, 2.45) is 0 Å². The molecule has 1 aliphatic heterocycles. The number of halogens is 1. The predicted octanol–water partition coefficient (Wildman–Crippen LogP) is 3.06. The number of hydrogen-bond donors (Lipinski definition) is 0. The third kappa shape index (κ3) is 5.43. The molecule has 4 nitrogen and oxygen atoms in total. The van der Waals surface area contributed by atoms with Gasteiger partial charge in [0.05, 0.1) is 0 Å². The van der Waals surface area contributed by atoms with Crippen molar-refractivity contribution >= 4 is 12.0 Å². The molecule has 2 aromatic carbocycles. The maximum absolute atomic E-state index is 13.1. The van der Waals surface area contributed by atoms with Crippen molar-refractivity contribution in [1.29, 1.82) is 0 Å². The second-order valence-corrected chi connectivity index (χ2v) is 6.24. The van der Waals surface area contributed by atoms with E-state index in [1.54, 1.807) is 17.0 Å². The van der Waals surface area contributed by atoms with Gasteiger partial charge < -0.3 is 9.64 Å². The van der Waals surface area contributed by atoms with Gasteiger partial charge in [0, 0.05) is 38.8 Å². The number of amides is 1. The van der Waals surface area contributed by atoms with Gasteiger partial charge in [-0.25, -0.2) is 4.39 Å². The summed E-state index contributed by atoms with van der Waals surface area (Å²) >= 11 is 0. The van der Waals surface area contributed by atoms with E-state index in [0.29, 0.717) is 18.8 Å². The van der Waals surface area contributed by atoms with Gasteiger partial charge in [-0.1, -0.05) is 48.6 Å². The summed E-state index contributed by atoms with van der Waals surface area (Å²) in [5.74, 6) is -0.0519. The molecule has 1 saturated heterocycles. The first-order valence-electron chi connectivity index (χ1n) is 8.81. The first-order chi connectivity index (χ1) is 12.7. The Balaban J connectivity index is 1.39. The molecule has 0 bridgehead atoms. The topological polar surface area (TPSA) is 32.8 Å². The smallest absolute Gasteiger partial charge is 0.260 e. The van der Waals surface area contributed by atoms with Gasteiger partial charge in [-0.15, -0.1) is 0 Å². The van der Waals surface area contributed by atoms with Crippen LogP contribution in [0.2, 0.25) is 0 Å². The molecule has 5 heteroatoms. The SMILES string of the molecule is O=C(COc1cccc(F)c1)N1CCN(C/C=C/c2ccccc2)CC1. The zero-order valence-corrected chi connectivity index (χ0v) is 14.7. The normalized spacial score (nSPS) is 15.3. The van der Waals surface area contributed by atoms with Crippen LogP contribution in [-0.4, -0.2) is 55.0 Å². The molecule has 2 aromatic rings. The molecule has 0 radical (unpaired) electrons. The fourth-order valence-electron chi connectivity index (χ4n) is 2.87. The second kappa shape index (κ2) is 9.15. The van der Waals surface area contributed by atoms with Crippen LogP contribution in [0, 0.1) is 5.82 Å². The van der Waals surface area contributed by atoms with Gasteiger partial charge in [-0.3, -0.25) is 9.69 Å². The molecule has 0 saturated carbocycles. The minimum atomic E-state index is -0.368. The quantitative estimate of drug-likeness (QED) is 0.799. The summed E-state index contributed by atoms with van der Waals surface area (Å²) in [4.78, 5) is 16.4. The average Bonchev–Trinajstić information content (AvgIpc) is 2.68. The van der Waals surface area contributed by atoms with Crippen LogP contribution in [0.25, 0.3) is 6.08 Å². The monoisotopic (exact) mass is 354 g/mol. The van der Waals surface area contributed by atoms with E-state index in [1.165, 1.54) is 17.7 Å². The van der Waals surface area contributed by atoms with Gasteiger partial charge in [0.25, 0.3) is 5.91 Å². The van der Waals surface area contributed by atoms with Crippen LogP contribution in [-0.2, 0) is 4.79 Å². The maximum Gasteiger partial charge on any atom is 0.260 e. The Morgan fingerprint density at radius 3 is 2.54 bits per heavy atom. The van der Waals surface area contributed by atoms with E-state index in [9.17, 15) is 9.18 Å². The molecular formula is C21H23FN2O2. The number of carbonyl (C=O) groups excluding carboxylic acids is 1. The Morgan fingerprint density at radius 1 is 1.04 bits per heavy atom. The van der Waals surface area contributed by atoms with Crippen molar-refractivity contribution in [1.82, 2.24) is 9.80 Å². The lowest BCUT2D eigenvalue weighted by atomic mass is 10.2. The molecule has 3 rings (SSSR count). The van der Waals surface area contributed by atoms with E-state index in [2.05, 4.69) is 29.2 Å². The number of rotatable bonds is 6. The summed E-state index contributed by atoms with van der Waals surface area (Å²) in [7, 11) is 0. The lowest BCUT2D eigenvalue weighted by Gasteiger charge is -2.34. The number of nitrogens with zero attached hydrogens (tertiary/aromatic N) is 2. The summed E-state index contributed by atoms with van der Waals surface area (Å²) < 4.78 is 18.5. The lowest BCUT2D eigenvalue weighted by Crippen LogP contribution is -2.49. The van der Waals surface area contributed by atoms with E-state index in [-0.39, 0.29) is 18.3 Å². The third-order valence-corrected chi connectivity index (χ3v) is 4.36.